The van der Waals surface area contributed by atoms with Gasteiger partial charge in [0.15, 0.2) is 0 Å². The molecule has 1 atom stereocenters. The van der Waals surface area contributed by atoms with Crippen molar-refractivity contribution in [2.75, 3.05) is 6.54 Å². The first kappa shape index (κ1) is 13.5. The van der Waals surface area contributed by atoms with Crippen LogP contribution in [-0.4, -0.2) is 30.8 Å². The molecular weight excluding hydrogens is 252 g/mol. The van der Waals surface area contributed by atoms with Crippen LogP contribution < -0.4 is 10.5 Å². The molecule has 1 aliphatic carbocycles. The summed E-state index contributed by atoms with van der Waals surface area (Å²) in [6.07, 6.45) is 2.10. The quantitative estimate of drug-likeness (QED) is 0.792. The maximum atomic E-state index is 12.4. The molecule has 2 rings (SSSR count). The van der Waals surface area contributed by atoms with E-state index >= 15 is 0 Å². The molecule has 1 aromatic heterocycles. The molecule has 1 aliphatic rings. The Morgan fingerprint density at radius 2 is 2.11 bits per heavy atom. The molecule has 0 radical (unpaired) electrons. The molecule has 1 heterocycles. The van der Waals surface area contributed by atoms with E-state index < -0.39 is 10.0 Å². The first-order chi connectivity index (χ1) is 8.36. The lowest BCUT2D eigenvalue weighted by Gasteiger charge is -2.16. The molecule has 0 aromatic carbocycles. The van der Waals surface area contributed by atoms with Crippen LogP contribution in [0.3, 0.4) is 0 Å². The number of nitrogens with zero attached hydrogens (tertiary/aromatic N) is 2. The van der Waals surface area contributed by atoms with Crippen LogP contribution in [0.25, 0.3) is 0 Å². The largest absolute Gasteiger partial charge is 0.329 e. The van der Waals surface area contributed by atoms with Crippen LogP contribution in [0.2, 0.25) is 0 Å². The van der Waals surface area contributed by atoms with E-state index in [1.807, 2.05) is 0 Å². The predicted molar refractivity (Wildman–Crippen MR) is 68.6 cm³/mol. The zero-order valence-electron chi connectivity index (χ0n) is 11.0. The molecule has 0 aliphatic heterocycles. The fourth-order valence-electron chi connectivity index (χ4n) is 2.24. The number of aromatic nitrogens is 2. The second-order valence-corrected chi connectivity index (χ2v) is 6.58. The highest BCUT2D eigenvalue weighted by Gasteiger charge is 2.35. The lowest BCUT2D eigenvalue weighted by atomic mass is 10.2. The normalized spacial score (nSPS) is 18.0. The van der Waals surface area contributed by atoms with Crippen molar-refractivity contribution in [2.45, 2.75) is 37.6 Å². The van der Waals surface area contributed by atoms with Gasteiger partial charge in [-0.3, -0.25) is 4.68 Å². The van der Waals surface area contributed by atoms with Gasteiger partial charge in [0, 0.05) is 19.6 Å². The second kappa shape index (κ2) is 4.64. The average molecular weight is 272 g/mol. The minimum atomic E-state index is -3.53. The Hall–Kier alpha value is -0.920. The number of sulfonamides is 1. The minimum absolute atomic E-state index is 0.158. The van der Waals surface area contributed by atoms with Crippen molar-refractivity contribution in [3.05, 3.63) is 11.4 Å². The van der Waals surface area contributed by atoms with Gasteiger partial charge in [-0.05, 0) is 32.6 Å². The molecule has 0 bridgehead atoms. The Balaban J connectivity index is 2.30. The van der Waals surface area contributed by atoms with Gasteiger partial charge < -0.3 is 5.73 Å². The van der Waals surface area contributed by atoms with Gasteiger partial charge in [0.25, 0.3) is 0 Å². The number of nitrogens with two attached hydrogens (primary N) is 1. The van der Waals surface area contributed by atoms with Gasteiger partial charge in [-0.15, -0.1) is 0 Å². The van der Waals surface area contributed by atoms with Crippen LogP contribution in [0.4, 0.5) is 0 Å². The maximum Gasteiger partial charge on any atom is 0.244 e. The first-order valence-corrected chi connectivity index (χ1v) is 7.57. The molecule has 0 saturated heterocycles. The molecule has 1 fully saturated rings. The van der Waals surface area contributed by atoms with E-state index in [0.29, 0.717) is 23.9 Å². The third-order valence-corrected chi connectivity index (χ3v) is 5.20. The van der Waals surface area contributed by atoms with Gasteiger partial charge in [0.05, 0.1) is 11.4 Å². The Bertz CT molecular complexity index is 546. The van der Waals surface area contributed by atoms with Gasteiger partial charge >= 0.3 is 0 Å². The molecule has 18 heavy (non-hydrogen) atoms. The third kappa shape index (κ3) is 2.43. The molecule has 1 unspecified atom stereocenters. The molecule has 6 nitrogen and oxygen atoms in total. The summed E-state index contributed by atoms with van der Waals surface area (Å²) in [4.78, 5) is 0.282. The fraction of sp³-hybridized carbons (Fsp3) is 0.727. The first-order valence-electron chi connectivity index (χ1n) is 6.09. The van der Waals surface area contributed by atoms with Crippen molar-refractivity contribution in [1.82, 2.24) is 14.5 Å². The molecular formula is C11H20N4O2S. The Morgan fingerprint density at radius 1 is 1.50 bits per heavy atom. The lowest BCUT2D eigenvalue weighted by Crippen LogP contribution is -2.41. The van der Waals surface area contributed by atoms with E-state index in [9.17, 15) is 8.42 Å². The van der Waals surface area contributed by atoms with Crippen molar-refractivity contribution < 1.29 is 8.42 Å². The van der Waals surface area contributed by atoms with Crippen LogP contribution in [-0.2, 0) is 17.1 Å². The van der Waals surface area contributed by atoms with E-state index in [-0.39, 0.29) is 10.9 Å². The summed E-state index contributed by atoms with van der Waals surface area (Å²) in [6.45, 7) is 3.79. The van der Waals surface area contributed by atoms with Crippen molar-refractivity contribution in [3.8, 4) is 0 Å². The number of rotatable bonds is 5. The van der Waals surface area contributed by atoms with E-state index in [1.54, 1.807) is 25.6 Å². The van der Waals surface area contributed by atoms with Crippen LogP contribution in [0, 0.1) is 19.8 Å². The number of nitrogens with one attached hydrogen (secondary N) is 1. The SMILES string of the molecule is Cc1nn(C)c(C)c1S(=O)(=O)NC(CN)C1CC1. The van der Waals surface area contributed by atoms with E-state index in [4.69, 9.17) is 5.73 Å². The monoisotopic (exact) mass is 272 g/mol. The van der Waals surface area contributed by atoms with Gasteiger partial charge in [0.1, 0.15) is 4.90 Å². The standard InChI is InChI=1S/C11H20N4O2S/c1-7-11(8(2)15(3)13-7)18(16,17)14-10(6-12)9-4-5-9/h9-10,14H,4-6,12H2,1-3H3. The molecule has 3 N–H and O–H groups in total. The summed E-state index contributed by atoms with van der Waals surface area (Å²) in [7, 11) is -1.79. The molecule has 102 valence electrons. The summed E-state index contributed by atoms with van der Waals surface area (Å²) >= 11 is 0. The minimum Gasteiger partial charge on any atom is -0.329 e. The Kier molecular flexibility index (Phi) is 3.48. The van der Waals surface area contributed by atoms with Crippen LogP contribution in [0.1, 0.15) is 24.2 Å². The Labute approximate surface area is 108 Å². The number of aryl methyl sites for hydroxylation is 2. The van der Waals surface area contributed by atoms with Crippen molar-refractivity contribution in [3.63, 3.8) is 0 Å². The van der Waals surface area contributed by atoms with Gasteiger partial charge in [-0.1, -0.05) is 0 Å². The van der Waals surface area contributed by atoms with Crippen molar-refractivity contribution >= 4 is 10.0 Å². The highest BCUT2D eigenvalue weighted by molar-refractivity contribution is 7.89. The van der Waals surface area contributed by atoms with Gasteiger partial charge in [-0.2, -0.15) is 5.10 Å². The molecule has 7 heteroatoms. The van der Waals surface area contributed by atoms with Gasteiger partial charge in [0.2, 0.25) is 10.0 Å². The molecule has 0 spiro atoms. The van der Waals surface area contributed by atoms with Crippen LogP contribution >= 0.6 is 0 Å². The van der Waals surface area contributed by atoms with Crippen LogP contribution in [0.15, 0.2) is 4.90 Å². The van der Waals surface area contributed by atoms with Crippen molar-refractivity contribution in [1.29, 1.82) is 0 Å². The summed E-state index contributed by atoms with van der Waals surface area (Å²) in [5.41, 5.74) is 6.80. The smallest absolute Gasteiger partial charge is 0.244 e. The summed E-state index contributed by atoms with van der Waals surface area (Å²) < 4.78 is 29.0. The second-order valence-electron chi connectivity index (χ2n) is 4.92. The molecule has 1 aromatic rings. The average Bonchev–Trinajstić information content (AvgIpc) is 3.05. The zero-order chi connectivity index (χ0) is 13.5. The molecule has 1 saturated carbocycles. The highest BCUT2D eigenvalue weighted by Crippen LogP contribution is 2.33. The van der Waals surface area contributed by atoms with E-state index in [0.717, 1.165) is 12.8 Å². The highest BCUT2D eigenvalue weighted by atomic mass is 32.2. The topological polar surface area (TPSA) is 90.0 Å². The van der Waals surface area contributed by atoms with E-state index in [1.165, 1.54) is 0 Å². The van der Waals surface area contributed by atoms with Crippen molar-refractivity contribution in [2.24, 2.45) is 18.7 Å². The zero-order valence-corrected chi connectivity index (χ0v) is 11.8. The molecule has 0 amide bonds. The number of hydrogen-bond acceptors (Lipinski definition) is 4. The predicted octanol–water partition coefficient (Wildman–Crippen LogP) is 0.0525. The van der Waals surface area contributed by atoms with Gasteiger partial charge in [-0.25, -0.2) is 13.1 Å². The van der Waals surface area contributed by atoms with E-state index in [2.05, 4.69) is 9.82 Å². The fourth-order valence-corrected chi connectivity index (χ4v) is 3.99. The summed E-state index contributed by atoms with van der Waals surface area (Å²) in [5, 5.41) is 4.14. The number of hydrogen-bond donors (Lipinski definition) is 2. The Morgan fingerprint density at radius 3 is 2.50 bits per heavy atom. The summed E-state index contributed by atoms with van der Waals surface area (Å²) in [5.74, 6) is 0.391. The maximum absolute atomic E-state index is 12.4. The third-order valence-electron chi connectivity index (χ3n) is 3.46. The summed E-state index contributed by atoms with van der Waals surface area (Å²) in [6, 6.07) is -0.158. The van der Waals surface area contributed by atoms with Crippen LogP contribution in [0.5, 0.6) is 0 Å². The lowest BCUT2D eigenvalue weighted by molar-refractivity contribution is 0.518.